The second-order valence-corrected chi connectivity index (χ2v) is 5.49. The molecule has 0 unspecified atom stereocenters. The second-order valence-electron chi connectivity index (χ2n) is 5.08. The molecule has 0 saturated carbocycles. The molecule has 3 heteroatoms. The van der Waals surface area contributed by atoms with Gasteiger partial charge in [0.05, 0.1) is 13.2 Å². The van der Waals surface area contributed by atoms with E-state index in [1.165, 1.54) is 11.1 Å². The minimum absolute atomic E-state index is 0.540. The molecule has 0 bridgehead atoms. The lowest BCUT2D eigenvalue weighted by molar-refractivity contribution is 0.107. The van der Waals surface area contributed by atoms with Crippen LogP contribution in [-0.2, 0) is 24.5 Å². The van der Waals surface area contributed by atoms with Crippen molar-refractivity contribution in [2.75, 3.05) is 6.54 Å². The Morgan fingerprint density at radius 1 is 1.00 bits per heavy atom. The standard InChI is InChI=1S/C18H22ClNO/c1-2-10-20-12-15-6-5-7-16(11-15)13-21-14-17-8-3-4-9-18(17)19/h3-9,11,20H,2,10,12-14H2,1H3. The van der Waals surface area contributed by atoms with Crippen LogP contribution in [0.25, 0.3) is 0 Å². The fraction of sp³-hybridized carbons (Fsp3) is 0.333. The molecule has 0 heterocycles. The van der Waals surface area contributed by atoms with E-state index in [9.17, 15) is 0 Å². The summed E-state index contributed by atoms with van der Waals surface area (Å²) in [5, 5.41) is 4.17. The van der Waals surface area contributed by atoms with Crippen LogP contribution in [0.4, 0.5) is 0 Å². The van der Waals surface area contributed by atoms with Crippen LogP contribution in [0.1, 0.15) is 30.0 Å². The predicted molar refractivity (Wildman–Crippen MR) is 88.4 cm³/mol. The first-order chi connectivity index (χ1) is 10.3. The summed E-state index contributed by atoms with van der Waals surface area (Å²) >= 11 is 6.11. The minimum atomic E-state index is 0.540. The van der Waals surface area contributed by atoms with Crippen LogP contribution in [0, 0.1) is 0 Å². The molecule has 0 aromatic heterocycles. The van der Waals surface area contributed by atoms with E-state index < -0.39 is 0 Å². The monoisotopic (exact) mass is 303 g/mol. The van der Waals surface area contributed by atoms with Gasteiger partial charge in [0.1, 0.15) is 0 Å². The van der Waals surface area contributed by atoms with Gasteiger partial charge in [-0.15, -0.1) is 0 Å². The largest absolute Gasteiger partial charge is 0.372 e. The zero-order chi connectivity index (χ0) is 14.9. The second kappa shape index (κ2) is 8.83. The van der Waals surface area contributed by atoms with Crippen LogP contribution in [0.15, 0.2) is 48.5 Å². The van der Waals surface area contributed by atoms with E-state index in [-0.39, 0.29) is 0 Å². The number of benzene rings is 2. The molecule has 2 rings (SSSR count). The van der Waals surface area contributed by atoms with Gasteiger partial charge in [-0.3, -0.25) is 0 Å². The molecule has 21 heavy (non-hydrogen) atoms. The number of nitrogens with one attached hydrogen (secondary N) is 1. The molecule has 0 atom stereocenters. The Hall–Kier alpha value is -1.35. The number of halogens is 1. The smallest absolute Gasteiger partial charge is 0.0735 e. The van der Waals surface area contributed by atoms with E-state index in [0.717, 1.165) is 30.1 Å². The third-order valence-electron chi connectivity index (χ3n) is 3.23. The molecule has 0 saturated heterocycles. The normalized spacial score (nSPS) is 10.8. The van der Waals surface area contributed by atoms with Crippen LogP contribution in [0.3, 0.4) is 0 Å². The number of hydrogen-bond acceptors (Lipinski definition) is 2. The number of hydrogen-bond donors (Lipinski definition) is 1. The highest BCUT2D eigenvalue weighted by Gasteiger charge is 2.00. The highest BCUT2D eigenvalue weighted by Crippen LogP contribution is 2.16. The van der Waals surface area contributed by atoms with Gasteiger partial charge in [0.25, 0.3) is 0 Å². The molecular formula is C18H22ClNO. The molecule has 0 radical (unpaired) electrons. The van der Waals surface area contributed by atoms with Gasteiger partial charge in [0.2, 0.25) is 0 Å². The van der Waals surface area contributed by atoms with Crippen molar-refractivity contribution in [2.45, 2.75) is 33.1 Å². The fourth-order valence-corrected chi connectivity index (χ4v) is 2.32. The molecular weight excluding hydrogens is 282 g/mol. The van der Waals surface area contributed by atoms with Gasteiger partial charge in [-0.2, -0.15) is 0 Å². The molecule has 0 aliphatic heterocycles. The van der Waals surface area contributed by atoms with Gasteiger partial charge >= 0.3 is 0 Å². The van der Waals surface area contributed by atoms with E-state index in [1.54, 1.807) is 0 Å². The lowest BCUT2D eigenvalue weighted by Crippen LogP contribution is -2.13. The van der Waals surface area contributed by atoms with Gasteiger partial charge in [-0.1, -0.05) is 61.0 Å². The maximum atomic E-state index is 6.11. The van der Waals surface area contributed by atoms with Gasteiger partial charge in [-0.05, 0) is 35.7 Å². The SMILES string of the molecule is CCCNCc1cccc(COCc2ccccc2Cl)c1. The first-order valence-electron chi connectivity index (χ1n) is 7.39. The van der Waals surface area contributed by atoms with Gasteiger partial charge in [0.15, 0.2) is 0 Å². The average molecular weight is 304 g/mol. The van der Waals surface area contributed by atoms with Gasteiger partial charge < -0.3 is 10.1 Å². The lowest BCUT2D eigenvalue weighted by atomic mass is 10.1. The van der Waals surface area contributed by atoms with E-state index in [4.69, 9.17) is 16.3 Å². The summed E-state index contributed by atoms with van der Waals surface area (Å²) in [7, 11) is 0. The van der Waals surface area contributed by atoms with Crippen molar-refractivity contribution in [2.24, 2.45) is 0 Å². The van der Waals surface area contributed by atoms with Crippen molar-refractivity contribution in [3.63, 3.8) is 0 Å². The molecule has 2 aromatic rings. The zero-order valence-electron chi connectivity index (χ0n) is 12.4. The summed E-state index contributed by atoms with van der Waals surface area (Å²) < 4.78 is 5.76. The lowest BCUT2D eigenvalue weighted by Gasteiger charge is -2.08. The van der Waals surface area contributed by atoms with E-state index >= 15 is 0 Å². The Bertz CT molecular complexity index is 556. The van der Waals surface area contributed by atoms with Crippen LogP contribution in [0.5, 0.6) is 0 Å². The molecule has 2 aromatic carbocycles. The molecule has 0 spiro atoms. The Balaban J connectivity index is 1.83. The Morgan fingerprint density at radius 3 is 2.62 bits per heavy atom. The quantitative estimate of drug-likeness (QED) is 0.722. The molecule has 0 amide bonds. The van der Waals surface area contributed by atoms with Crippen LogP contribution in [-0.4, -0.2) is 6.54 Å². The van der Waals surface area contributed by atoms with Crippen molar-refractivity contribution in [3.8, 4) is 0 Å². The number of rotatable bonds is 8. The molecule has 0 aliphatic rings. The third kappa shape index (κ3) is 5.50. The molecule has 1 N–H and O–H groups in total. The van der Waals surface area contributed by atoms with Crippen molar-refractivity contribution in [3.05, 3.63) is 70.2 Å². The Labute approximate surface area is 132 Å². The third-order valence-corrected chi connectivity index (χ3v) is 3.60. The minimum Gasteiger partial charge on any atom is -0.372 e. The molecule has 0 aliphatic carbocycles. The van der Waals surface area contributed by atoms with Crippen LogP contribution in [0.2, 0.25) is 5.02 Å². The molecule has 112 valence electrons. The van der Waals surface area contributed by atoms with Gasteiger partial charge in [-0.25, -0.2) is 0 Å². The highest BCUT2D eigenvalue weighted by molar-refractivity contribution is 6.31. The Morgan fingerprint density at radius 2 is 1.81 bits per heavy atom. The van der Waals surface area contributed by atoms with Crippen LogP contribution < -0.4 is 5.32 Å². The van der Waals surface area contributed by atoms with E-state index in [0.29, 0.717) is 13.2 Å². The summed E-state index contributed by atoms with van der Waals surface area (Å²) in [5.41, 5.74) is 3.51. The summed E-state index contributed by atoms with van der Waals surface area (Å²) in [4.78, 5) is 0. The van der Waals surface area contributed by atoms with E-state index in [1.807, 2.05) is 24.3 Å². The van der Waals surface area contributed by atoms with Crippen molar-refractivity contribution in [1.29, 1.82) is 0 Å². The van der Waals surface area contributed by atoms with E-state index in [2.05, 4.69) is 36.5 Å². The van der Waals surface area contributed by atoms with Crippen molar-refractivity contribution in [1.82, 2.24) is 5.32 Å². The topological polar surface area (TPSA) is 21.3 Å². The first kappa shape index (κ1) is 16.0. The summed E-state index contributed by atoms with van der Waals surface area (Å²) in [6.07, 6.45) is 1.15. The van der Waals surface area contributed by atoms with Crippen molar-refractivity contribution >= 4 is 11.6 Å². The molecule has 0 fully saturated rings. The zero-order valence-corrected chi connectivity index (χ0v) is 13.2. The number of ether oxygens (including phenoxy) is 1. The maximum Gasteiger partial charge on any atom is 0.0735 e. The average Bonchev–Trinajstić information content (AvgIpc) is 2.50. The summed E-state index contributed by atoms with van der Waals surface area (Å²) in [6, 6.07) is 16.3. The Kier molecular flexibility index (Phi) is 6.74. The molecule has 2 nitrogen and oxygen atoms in total. The summed E-state index contributed by atoms with van der Waals surface area (Å²) in [6.45, 7) is 5.27. The maximum absolute atomic E-state index is 6.11. The first-order valence-corrected chi connectivity index (χ1v) is 7.77. The summed E-state index contributed by atoms with van der Waals surface area (Å²) in [5.74, 6) is 0. The predicted octanol–water partition coefficient (Wildman–Crippen LogP) is 4.56. The van der Waals surface area contributed by atoms with Crippen LogP contribution >= 0.6 is 11.6 Å². The highest BCUT2D eigenvalue weighted by atomic mass is 35.5. The van der Waals surface area contributed by atoms with Gasteiger partial charge in [0, 0.05) is 11.6 Å². The van der Waals surface area contributed by atoms with Crippen molar-refractivity contribution < 1.29 is 4.74 Å². The fourth-order valence-electron chi connectivity index (χ4n) is 2.13.